The summed E-state index contributed by atoms with van der Waals surface area (Å²) in [5, 5.41) is 4.27. The van der Waals surface area contributed by atoms with Crippen molar-refractivity contribution >= 4 is 30.0 Å². The Morgan fingerprint density at radius 2 is 1.29 bits per heavy atom. The minimum Gasteiger partial charge on any atom is -0.356 e. The van der Waals surface area contributed by atoms with Crippen molar-refractivity contribution in [1.82, 2.24) is 15.0 Å². The van der Waals surface area contributed by atoms with Crippen LogP contribution in [0.15, 0.2) is 53.5 Å². The summed E-state index contributed by atoms with van der Waals surface area (Å²) in [5.74, 6) is 0. The Kier molecular flexibility index (Phi) is 2.82. The number of aliphatic imine (C=N–C) groups is 1. The Morgan fingerprint density at radius 3 is 2.04 bits per heavy atom. The highest BCUT2D eigenvalue weighted by atomic mass is 14.8. The molecule has 3 N–H and O–H groups in total. The number of hydrogen-bond donors (Lipinski definition) is 3. The third-order valence-electron chi connectivity index (χ3n) is 4.23. The predicted molar refractivity (Wildman–Crippen MR) is 97.3 cm³/mol. The molecule has 116 valence electrons. The lowest BCUT2D eigenvalue weighted by Crippen LogP contribution is -2.12. The van der Waals surface area contributed by atoms with Crippen LogP contribution in [0, 0.1) is 0 Å². The molecule has 2 aliphatic rings. The Balaban J connectivity index is 1.76. The molecule has 2 aliphatic heterocycles. The van der Waals surface area contributed by atoms with Crippen LogP contribution >= 0.6 is 0 Å². The third-order valence-corrected chi connectivity index (χ3v) is 4.23. The number of nitrogens with zero attached hydrogens (tertiary/aromatic N) is 1. The molecular formula is C20H16N4. The van der Waals surface area contributed by atoms with Gasteiger partial charge in [0, 0.05) is 32.8 Å². The molecule has 0 saturated carbocycles. The zero-order chi connectivity index (χ0) is 15.9. The second kappa shape index (κ2) is 5.13. The van der Waals surface area contributed by atoms with Crippen molar-refractivity contribution in [3.63, 3.8) is 0 Å². The van der Waals surface area contributed by atoms with Crippen LogP contribution in [0.1, 0.15) is 11.4 Å². The SMILES string of the molecule is C1=CC2C=c3ccc([nH]3)=Cc3ccc([nH]3)C=c3ccc([nH]3)=CC1=N2. The van der Waals surface area contributed by atoms with Crippen LogP contribution in [0.4, 0.5) is 0 Å². The van der Waals surface area contributed by atoms with Crippen LogP contribution in [0.5, 0.6) is 0 Å². The Morgan fingerprint density at radius 1 is 0.667 bits per heavy atom. The number of H-pyrrole nitrogens is 3. The average molecular weight is 312 g/mol. The largest absolute Gasteiger partial charge is 0.356 e. The van der Waals surface area contributed by atoms with Gasteiger partial charge in [-0.05, 0) is 66.8 Å². The maximum Gasteiger partial charge on any atom is 0.0894 e. The van der Waals surface area contributed by atoms with Crippen molar-refractivity contribution < 1.29 is 0 Å². The van der Waals surface area contributed by atoms with Gasteiger partial charge in [0.1, 0.15) is 0 Å². The molecule has 0 amide bonds. The van der Waals surface area contributed by atoms with E-state index >= 15 is 0 Å². The molecule has 4 heteroatoms. The van der Waals surface area contributed by atoms with Crippen molar-refractivity contribution in [3.05, 3.63) is 81.3 Å². The minimum atomic E-state index is 0.0775. The van der Waals surface area contributed by atoms with E-state index in [0.29, 0.717) is 0 Å². The van der Waals surface area contributed by atoms with E-state index in [1.165, 1.54) is 0 Å². The summed E-state index contributed by atoms with van der Waals surface area (Å²) in [7, 11) is 0. The molecule has 0 fully saturated rings. The monoisotopic (exact) mass is 312 g/mol. The lowest BCUT2D eigenvalue weighted by atomic mass is 10.3. The third kappa shape index (κ3) is 2.48. The van der Waals surface area contributed by atoms with Crippen molar-refractivity contribution in [2.75, 3.05) is 0 Å². The zero-order valence-corrected chi connectivity index (χ0v) is 13.0. The molecule has 5 rings (SSSR count). The molecule has 8 bridgehead atoms. The lowest BCUT2D eigenvalue weighted by Gasteiger charge is -1.94. The van der Waals surface area contributed by atoms with Gasteiger partial charge >= 0.3 is 0 Å². The van der Waals surface area contributed by atoms with E-state index in [1.807, 2.05) is 0 Å². The zero-order valence-electron chi connectivity index (χ0n) is 13.0. The molecule has 3 aromatic rings. The van der Waals surface area contributed by atoms with Crippen LogP contribution in [-0.2, 0) is 0 Å². The second-order valence-corrected chi connectivity index (χ2v) is 6.11. The average Bonchev–Trinajstić information content (AvgIpc) is 3.32. The standard InChI is InChI=1S/C20H16N4/c1-2-14-10-16-5-6-18(23-16)12-20-8-7-19(24-20)11-17-4-3-15(22-17)9-13(1)21-14/h1-13,22-24H. The maximum absolute atomic E-state index is 4.72. The van der Waals surface area contributed by atoms with E-state index < -0.39 is 0 Å². The Hall–Kier alpha value is -3.27. The fourth-order valence-corrected chi connectivity index (χ4v) is 3.12. The van der Waals surface area contributed by atoms with Crippen molar-refractivity contribution in [3.8, 4) is 0 Å². The van der Waals surface area contributed by atoms with Gasteiger partial charge in [0.05, 0.1) is 11.8 Å². The summed E-state index contributed by atoms with van der Waals surface area (Å²) in [6.07, 6.45) is 12.6. The lowest BCUT2D eigenvalue weighted by molar-refractivity contribution is 1.09. The first kappa shape index (κ1) is 13.2. The summed E-state index contributed by atoms with van der Waals surface area (Å²) in [4.78, 5) is 15.0. The number of fused-ring (bicyclic) bond motifs is 7. The van der Waals surface area contributed by atoms with E-state index in [9.17, 15) is 0 Å². The van der Waals surface area contributed by atoms with Crippen molar-refractivity contribution in [2.24, 2.45) is 4.99 Å². The van der Waals surface area contributed by atoms with Gasteiger partial charge in [-0.1, -0.05) is 6.08 Å². The van der Waals surface area contributed by atoms with Crippen molar-refractivity contribution in [1.29, 1.82) is 0 Å². The highest BCUT2D eigenvalue weighted by molar-refractivity contribution is 6.18. The van der Waals surface area contributed by atoms with Gasteiger partial charge in [0.25, 0.3) is 0 Å². The second-order valence-electron chi connectivity index (χ2n) is 6.11. The van der Waals surface area contributed by atoms with Crippen LogP contribution in [-0.4, -0.2) is 26.7 Å². The summed E-state index contributed by atoms with van der Waals surface area (Å²) >= 11 is 0. The number of nitrogens with one attached hydrogen (secondary N) is 3. The van der Waals surface area contributed by atoms with Gasteiger partial charge in [0.15, 0.2) is 0 Å². The molecule has 0 aliphatic carbocycles. The summed E-state index contributed by atoms with van der Waals surface area (Å²) in [6.45, 7) is 0. The predicted octanol–water partition coefficient (Wildman–Crippen LogP) is 0.282. The van der Waals surface area contributed by atoms with Gasteiger partial charge in [-0.15, -0.1) is 0 Å². The first-order valence-corrected chi connectivity index (χ1v) is 8.02. The van der Waals surface area contributed by atoms with Crippen LogP contribution in [0.2, 0.25) is 0 Å². The van der Waals surface area contributed by atoms with E-state index in [4.69, 9.17) is 4.99 Å². The molecule has 1 atom stereocenters. The van der Waals surface area contributed by atoms with Crippen LogP contribution in [0.3, 0.4) is 0 Å². The molecular weight excluding hydrogens is 296 g/mol. The molecule has 0 aromatic carbocycles. The fraction of sp³-hybridized carbons (Fsp3) is 0.0500. The summed E-state index contributed by atoms with van der Waals surface area (Å²) < 4.78 is 0. The van der Waals surface area contributed by atoms with E-state index in [2.05, 4.69) is 87.8 Å². The smallest absolute Gasteiger partial charge is 0.0894 e. The van der Waals surface area contributed by atoms with E-state index in [1.54, 1.807) is 0 Å². The highest BCUT2D eigenvalue weighted by Crippen LogP contribution is 2.06. The summed E-state index contributed by atoms with van der Waals surface area (Å²) in [6, 6.07) is 12.6. The Bertz CT molecular complexity index is 1210. The van der Waals surface area contributed by atoms with Gasteiger partial charge in [0.2, 0.25) is 0 Å². The van der Waals surface area contributed by atoms with Gasteiger partial charge < -0.3 is 15.0 Å². The molecule has 5 heterocycles. The maximum atomic E-state index is 4.72. The molecule has 4 nitrogen and oxygen atoms in total. The van der Waals surface area contributed by atoms with E-state index in [-0.39, 0.29) is 6.04 Å². The highest BCUT2D eigenvalue weighted by Gasteiger charge is 2.06. The molecule has 1 unspecified atom stereocenters. The van der Waals surface area contributed by atoms with Crippen molar-refractivity contribution in [2.45, 2.75) is 6.04 Å². The van der Waals surface area contributed by atoms with Crippen LogP contribution in [0.25, 0.3) is 24.3 Å². The molecule has 24 heavy (non-hydrogen) atoms. The van der Waals surface area contributed by atoms with Crippen LogP contribution < -0.4 is 21.4 Å². The quantitative estimate of drug-likeness (QED) is 0.534. The fourth-order valence-electron chi connectivity index (χ4n) is 3.12. The normalized spacial score (nSPS) is 18.2. The molecule has 3 aromatic heterocycles. The summed E-state index contributed by atoms with van der Waals surface area (Å²) in [5.41, 5.74) is 3.12. The van der Waals surface area contributed by atoms with E-state index in [0.717, 1.165) is 38.5 Å². The first-order valence-electron chi connectivity index (χ1n) is 8.02. The number of aromatic nitrogens is 3. The number of rotatable bonds is 0. The number of hydrogen-bond acceptors (Lipinski definition) is 1. The van der Waals surface area contributed by atoms with Gasteiger partial charge in [-0.3, -0.25) is 4.99 Å². The minimum absolute atomic E-state index is 0.0775. The molecule has 0 saturated heterocycles. The molecule has 0 radical (unpaired) electrons. The molecule has 0 spiro atoms. The van der Waals surface area contributed by atoms with Gasteiger partial charge in [-0.2, -0.15) is 0 Å². The number of allylic oxidation sites excluding steroid dienone is 1. The Labute approximate surface area is 138 Å². The number of aromatic amines is 3. The first-order chi connectivity index (χ1) is 11.8. The topological polar surface area (TPSA) is 59.7 Å². The van der Waals surface area contributed by atoms with Gasteiger partial charge in [-0.25, -0.2) is 0 Å².